The van der Waals surface area contributed by atoms with Gasteiger partial charge in [-0.2, -0.15) is 5.84 Å². The van der Waals surface area contributed by atoms with Gasteiger partial charge in [-0.05, 0) is 6.92 Å². The summed E-state index contributed by atoms with van der Waals surface area (Å²) < 4.78 is 0. The number of benzene rings is 1. The van der Waals surface area contributed by atoms with Crippen molar-refractivity contribution >= 4 is 11.5 Å². The van der Waals surface area contributed by atoms with Crippen LogP contribution in [0.3, 0.4) is 0 Å². The molecular formula is C8H9N2O2+. The average molecular weight is 165 g/mol. The molecule has 2 N–H and O–H groups in total. The van der Waals surface area contributed by atoms with E-state index in [1.165, 1.54) is 13.0 Å². The number of hydrazine groups is 1. The molecule has 0 heterocycles. The molecule has 0 aliphatic rings. The van der Waals surface area contributed by atoms with Crippen LogP contribution in [-0.2, 0) is 0 Å². The second kappa shape index (κ2) is 3.13. The third kappa shape index (κ3) is 1.66. The van der Waals surface area contributed by atoms with E-state index in [4.69, 9.17) is 5.84 Å². The topological polar surface area (TPSA) is 63.2 Å². The Labute approximate surface area is 69.5 Å². The number of nitroso groups, excluding NO2 is 1. The van der Waals surface area contributed by atoms with Gasteiger partial charge in [0.2, 0.25) is 0 Å². The van der Waals surface area contributed by atoms with Crippen molar-refractivity contribution in [1.29, 1.82) is 0 Å². The second-order valence-electron chi connectivity index (χ2n) is 2.43. The highest BCUT2D eigenvalue weighted by molar-refractivity contribution is 5.94. The van der Waals surface area contributed by atoms with E-state index in [1.807, 2.05) is 0 Å². The third-order valence-electron chi connectivity index (χ3n) is 1.51. The molecule has 0 aromatic heterocycles. The predicted octanol–water partition coefficient (Wildman–Crippen LogP) is 1.17. The van der Waals surface area contributed by atoms with E-state index in [-0.39, 0.29) is 16.3 Å². The van der Waals surface area contributed by atoms with Crippen LogP contribution in [0.15, 0.2) is 24.3 Å². The van der Waals surface area contributed by atoms with Gasteiger partial charge in [-0.25, -0.2) is 0 Å². The maximum absolute atomic E-state index is 10.9. The lowest BCUT2D eigenvalue weighted by atomic mass is 10.1. The van der Waals surface area contributed by atoms with Gasteiger partial charge in [-0.1, -0.05) is 12.1 Å². The second-order valence-corrected chi connectivity index (χ2v) is 2.43. The Hall–Kier alpha value is -1.71. The van der Waals surface area contributed by atoms with Crippen LogP contribution < -0.4 is 5.84 Å². The molecule has 0 amide bonds. The Morgan fingerprint density at radius 1 is 1.50 bits per heavy atom. The molecule has 0 spiro atoms. The minimum Gasteiger partial charge on any atom is -0.295 e. The maximum Gasteiger partial charge on any atom is 0.292 e. The smallest absolute Gasteiger partial charge is 0.292 e. The Kier molecular flexibility index (Phi) is 2.19. The molecule has 0 saturated carbocycles. The summed E-state index contributed by atoms with van der Waals surface area (Å²) in [5.74, 6) is 4.86. The van der Waals surface area contributed by atoms with E-state index in [0.29, 0.717) is 5.56 Å². The zero-order valence-electron chi connectivity index (χ0n) is 6.65. The molecule has 1 aromatic rings. The molecular weight excluding hydrogens is 156 g/mol. The van der Waals surface area contributed by atoms with E-state index in [1.54, 1.807) is 18.2 Å². The average Bonchev–Trinajstić information content (AvgIpc) is 2.04. The molecule has 0 radical (unpaired) electrons. The number of rotatable bonds is 2. The largest absolute Gasteiger partial charge is 0.295 e. The van der Waals surface area contributed by atoms with Crippen LogP contribution in [0, 0.1) is 4.91 Å². The van der Waals surface area contributed by atoms with Crippen LogP contribution in [-0.4, -0.2) is 10.7 Å². The van der Waals surface area contributed by atoms with Crippen LogP contribution in [0.25, 0.3) is 0 Å². The van der Waals surface area contributed by atoms with Crippen molar-refractivity contribution < 1.29 is 9.66 Å². The van der Waals surface area contributed by atoms with Gasteiger partial charge in [0.15, 0.2) is 10.7 Å². The quantitative estimate of drug-likeness (QED) is 0.309. The summed E-state index contributed by atoms with van der Waals surface area (Å²) in [6.45, 7) is 1.44. The van der Waals surface area contributed by atoms with Gasteiger partial charge >= 0.3 is 0 Å². The van der Waals surface area contributed by atoms with E-state index in [9.17, 15) is 9.70 Å². The van der Waals surface area contributed by atoms with Crippen molar-refractivity contribution in [2.75, 3.05) is 0 Å². The summed E-state index contributed by atoms with van der Waals surface area (Å²) in [4.78, 5) is 21.7. The first-order chi connectivity index (χ1) is 5.61. The highest BCUT2D eigenvalue weighted by Gasteiger charge is 2.09. The van der Waals surface area contributed by atoms with Gasteiger partial charge in [0.1, 0.15) is 0 Å². The summed E-state index contributed by atoms with van der Waals surface area (Å²) in [6.07, 6.45) is 0. The highest BCUT2D eigenvalue weighted by Crippen LogP contribution is 2.11. The van der Waals surface area contributed by atoms with E-state index < -0.39 is 0 Å². The zero-order chi connectivity index (χ0) is 9.14. The monoisotopic (exact) mass is 165 g/mol. The van der Waals surface area contributed by atoms with Crippen molar-refractivity contribution in [2.24, 2.45) is 5.84 Å². The van der Waals surface area contributed by atoms with Gasteiger partial charge in [0, 0.05) is 17.7 Å². The van der Waals surface area contributed by atoms with Crippen molar-refractivity contribution in [2.45, 2.75) is 6.92 Å². The summed E-state index contributed by atoms with van der Waals surface area (Å²) in [5.41, 5.74) is 0.765. The lowest BCUT2D eigenvalue weighted by Crippen LogP contribution is -2.09. The van der Waals surface area contributed by atoms with Crippen LogP contribution in [0.4, 0.5) is 5.69 Å². The number of nitrogens with zero attached hydrogens (tertiary/aromatic N) is 1. The Morgan fingerprint density at radius 2 is 2.17 bits per heavy atom. The lowest BCUT2D eigenvalue weighted by Gasteiger charge is -1.91. The maximum atomic E-state index is 10.9. The summed E-state index contributed by atoms with van der Waals surface area (Å²) >= 11 is 0. The summed E-state index contributed by atoms with van der Waals surface area (Å²) in [7, 11) is 0. The Bertz CT molecular complexity index is 304. The van der Waals surface area contributed by atoms with Crippen molar-refractivity contribution in [3.8, 4) is 0 Å². The minimum absolute atomic E-state index is 0.0845. The van der Waals surface area contributed by atoms with Crippen LogP contribution in [0.5, 0.6) is 0 Å². The van der Waals surface area contributed by atoms with Gasteiger partial charge in [0.25, 0.3) is 5.69 Å². The van der Waals surface area contributed by atoms with Crippen molar-refractivity contribution in [3.05, 3.63) is 34.7 Å². The molecule has 1 aromatic carbocycles. The van der Waals surface area contributed by atoms with Gasteiger partial charge in [-0.3, -0.25) is 4.79 Å². The number of hydrogen-bond acceptors (Lipinski definition) is 2. The highest BCUT2D eigenvalue weighted by atomic mass is 16.3. The normalized spacial score (nSPS) is 9.42. The van der Waals surface area contributed by atoms with Gasteiger partial charge in [-0.15, -0.1) is 0 Å². The number of ketones is 1. The molecule has 0 atom stereocenters. The van der Waals surface area contributed by atoms with Crippen LogP contribution in [0.1, 0.15) is 17.3 Å². The molecule has 62 valence electrons. The molecule has 0 saturated heterocycles. The fourth-order valence-electron chi connectivity index (χ4n) is 0.862. The summed E-state index contributed by atoms with van der Waals surface area (Å²) in [5, 5.41) is 0. The van der Waals surface area contributed by atoms with Crippen LogP contribution in [0.2, 0.25) is 0 Å². The first-order valence-corrected chi connectivity index (χ1v) is 3.44. The number of hydrogen-bond donors (Lipinski definition) is 1. The molecule has 0 aliphatic carbocycles. The minimum atomic E-state index is -0.0845. The number of carbonyl (C=O) groups is 1. The number of Topliss-reactive ketones (excluding diaryl/α,β-unsaturated/α-hetero) is 1. The SMILES string of the molecule is CC(=O)c1cccc([N+](N)=O)c1. The molecule has 0 bridgehead atoms. The van der Waals surface area contributed by atoms with Crippen LogP contribution >= 0.6 is 0 Å². The fourth-order valence-corrected chi connectivity index (χ4v) is 0.862. The number of nitrogens with two attached hydrogens (primary N) is 1. The zero-order valence-corrected chi connectivity index (χ0v) is 6.65. The first kappa shape index (κ1) is 8.39. The van der Waals surface area contributed by atoms with Gasteiger partial charge < -0.3 is 0 Å². The molecule has 0 unspecified atom stereocenters. The molecule has 0 aliphatic heterocycles. The molecule has 0 fully saturated rings. The lowest BCUT2D eigenvalue weighted by molar-refractivity contribution is -0.474. The summed E-state index contributed by atoms with van der Waals surface area (Å²) in [6, 6.07) is 6.24. The Balaban J connectivity index is 3.12. The van der Waals surface area contributed by atoms with E-state index in [2.05, 4.69) is 0 Å². The third-order valence-corrected chi connectivity index (χ3v) is 1.51. The van der Waals surface area contributed by atoms with Gasteiger partial charge in [0.05, 0.1) is 4.91 Å². The molecule has 4 heteroatoms. The predicted molar refractivity (Wildman–Crippen MR) is 43.9 cm³/mol. The first-order valence-electron chi connectivity index (χ1n) is 3.44. The fraction of sp³-hybridized carbons (Fsp3) is 0.125. The standard InChI is InChI=1S/C8H9N2O2/c1-6(11)7-3-2-4-8(5-7)10(9)12/h2-5H,1H3,(H2,9,12)/q+1. The molecule has 12 heavy (non-hydrogen) atoms. The molecule has 4 nitrogen and oxygen atoms in total. The van der Waals surface area contributed by atoms with Crippen molar-refractivity contribution in [1.82, 2.24) is 0 Å². The number of carbonyl (C=O) groups excluding carboxylic acids is 1. The van der Waals surface area contributed by atoms with E-state index in [0.717, 1.165) is 0 Å². The Morgan fingerprint density at radius 3 is 2.67 bits per heavy atom. The van der Waals surface area contributed by atoms with Crippen molar-refractivity contribution in [3.63, 3.8) is 0 Å². The molecule has 1 rings (SSSR count). The van der Waals surface area contributed by atoms with E-state index >= 15 is 0 Å².